The summed E-state index contributed by atoms with van der Waals surface area (Å²) in [7, 11) is 0. The van der Waals surface area contributed by atoms with Crippen LogP contribution >= 0.6 is 11.3 Å². The number of ether oxygens (including phenoxy) is 3. The quantitative estimate of drug-likeness (QED) is 0.201. The second-order valence-corrected chi connectivity index (χ2v) is 17.5. The van der Waals surface area contributed by atoms with Crippen molar-refractivity contribution in [2.24, 2.45) is 0 Å². The molecule has 6 heterocycles. The fourth-order valence-corrected chi connectivity index (χ4v) is 8.81. The van der Waals surface area contributed by atoms with Gasteiger partial charge in [-0.05, 0) is 92.3 Å². The minimum Gasteiger partial charge on any atom is -0.461 e. The van der Waals surface area contributed by atoms with Crippen molar-refractivity contribution >= 4 is 55.3 Å². The SMILES string of the molecule is CC(C)(C)OC(=O)Nc1sc2c(F)ccc(-c3ncc4c(N5CCCCCN5C(=O)OC(C)(C)C)nc(OC[C@@]56CCCN5C[C@H](F)C6)nc4c3F)c2c1C#N. The van der Waals surface area contributed by atoms with Crippen LogP contribution in [0.3, 0.4) is 0 Å². The number of hydrogen-bond donors (Lipinski definition) is 1. The predicted octanol–water partition coefficient (Wildman–Crippen LogP) is 8.50. The number of halogens is 3. The van der Waals surface area contributed by atoms with Crippen molar-refractivity contribution in [2.45, 2.75) is 103 Å². The summed E-state index contributed by atoms with van der Waals surface area (Å²) < 4.78 is 64.7. The van der Waals surface area contributed by atoms with Gasteiger partial charge in [0.2, 0.25) is 0 Å². The lowest BCUT2D eigenvalue weighted by atomic mass is 9.95. The van der Waals surface area contributed by atoms with Crippen LogP contribution in [-0.2, 0) is 9.47 Å². The predicted molar refractivity (Wildman–Crippen MR) is 205 cm³/mol. The lowest BCUT2D eigenvalue weighted by Crippen LogP contribution is -2.49. The molecule has 0 saturated carbocycles. The van der Waals surface area contributed by atoms with Gasteiger partial charge < -0.3 is 14.2 Å². The van der Waals surface area contributed by atoms with Gasteiger partial charge in [-0.3, -0.25) is 20.2 Å². The van der Waals surface area contributed by atoms with Crippen molar-refractivity contribution in [3.8, 4) is 23.3 Å². The molecule has 2 atom stereocenters. The van der Waals surface area contributed by atoms with Gasteiger partial charge in [-0.25, -0.2) is 27.8 Å². The summed E-state index contributed by atoms with van der Waals surface area (Å²) in [5.74, 6) is -1.44. The van der Waals surface area contributed by atoms with Crippen molar-refractivity contribution < 1.29 is 37.0 Å². The van der Waals surface area contributed by atoms with Gasteiger partial charge in [-0.15, -0.1) is 11.3 Å². The topological polar surface area (TPSA) is 146 Å². The van der Waals surface area contributed by atoms with Gasteiger partial charge in [0.1, 0.15) is 52.1 Å². The zero-order valence-corrected chi connectivity index (χ0v) is 33.1. The molecule has 1 N–H and O–H groups in total. The first-order chi connectivity index (χ1) is 26.5. The summed E-state index contributed by atoms with van der Waals surface area (Å²) in [5, 5.41) is 16.1. The van der Waals surface area contributed by atoms with Crippen LogP contribution in [0.15, 0.2) is 18.3 Å². The summed E-state index contributed by atoms with van der Waals surface area (Å²) in [5.41, 5.74) is -2.65. The number of nitriles is 1. The number of hydrogen-bond acceptors (Lipinski definition) is 12. The van der Waals surface area contributed by atoms with Crippen LogP contribution in [0.25, 0.3) is 32.2 Å². The van der Waals surface area contributed by atoms with E-state index >= 15 is 8.78 Å². The first kappa shape index (κ1) is 39.3. The van der Waals surface area contributed by atoms with Crippen molar-refractivity contribution in [2.75, 3.05) is 43.1 Å². The van der Waals surface area contributed by atoms with E-state index in [4.69, 9.17) is 19.2 Å². The number of thiophene rings is 1. The third-order valence-electron chi connectivity index (χ3n) is 10.0. The van der Waals surface area contributed by atoms with Gasteiger partial charge in [0, 0.05) is 43.2 Å². The van der Waals surface area contributed by atoms with Crippen LogP contribution in [0, 0.1) is 23.0 Å². The Kier molecular flexibility index (Phi) is 10.4. The van der Waals surface area contributed by atoms with Crippen molar-refractivity contribution in [1.82, 2.24) is 24.9 Å². The van der Waals surface area contributed by atoms with E-state index in [0.29, 0.717) is 38.9 Å². The standard InChI is InChI=1S/C39H45F3N8O5S/c1-37(2,3)54-35(51)47-33-24(18-43)27-23(11-12-26(41)31(27)56-33)29-28(42)30-25(19-44-29)32(49-15-8-7-9-16-50(49)36(52)55-38(4,5)6)46-34(45-30)53-21-39-13-10-14-48(39)20-22(40)17-39/h11-12,19,22H,7-10,13-17,20-21H2,1-6H3,(H,47,51)/t22-,39+/m1/s1. The second kappa shape index (κ2) is 14.8. The van der Waals surface area contributed by atoms with E-state index in [1.54, 1.807) is 46.6 Å². The number of rotatable bonds is 6. The number of benzene rings is 1. The largest absolute Gasteiger partial charge is 0.461 e. The van der Waals surface area contributed by atoms with Crippen LogP contribution in [-0.4, -0.2) is 92.7 Å². The van der Waals surface area contributed by atoms with Crippen molar-refractivity contribution in [3.05, 3.63) is 35.5 Å². The summed E-state index contributed by atoms with van der Waals surface area (Å²) >= 11 is 0.814. The molecule has 0 spiro atoms. The number of carbonyl (C=O) groups excluding carboxylic acids is 2. The van der Waals surface area contributed by atoms with Gasteiger partial charge in [0.05, 0.1) is 21.2 Å². The van der Waals surface area contributed by atoms with Gasteiger partial charge in [0.15, 0.2) is 11.6 Å². The smallest absolute Gasteiger partial charge is 0.429 e. The Morgan fingerprint density at radius 3 is 2.52 bits per heavy atom. The molecule has 56 heavy (non-hydrogen) atoms. The van der Waals surface area contributed by atoms with E-state index in [1.165, 1.54) is 17.3 Å². The van der Waals surface area contributed by atoms with Gasteiger partial charge >= 0.3 is 18.2 Å². The molecule has 0 radical (unpaired) electrons. The van der Waals surface area contributed by atoms with E-state index in [2.05, 4.69) is 20.2 Å². The number of nitrogens with one attached hydrogen (secondary N) is 1. The number of aromatic nitrogens is 3. The minimum absolute atomic E-state index is 0.000483. The molecule has 17 heteroatoms. The third-order valence-corrected chi connectivity index (χ3v) is 11.1. The third kappa shape index (κ3) is 7.73. The lowest BCUT2D eigenvalue weighted by Gasteiger charge is -2.36. The average molecular weight is 795 g/mol. The molecule has 298 valence electrons. The number of nitrogens with zero attached hydrogens (tertiary/aromatic N) is 7. The Morgan fingerprint density at radius 2 is 1.79 bits per heavy atom. The van der Waals surface area contributed by atoms with E-state index in [9.17, 15) is 19.2 Å². The highest BCUT2D eigenvalue weighted by atomic mass is 32.1. The summed E-state index contributed by atoms with van der Waals surface area (Å²) in [6, 6.07) is 4.31. The number of carbonyl (C=O) groups is 2. The highest BCUT2D eigenvalue weighted by molar-refractivity contribution is 7.23. The number of hydrazine groups is 1. The molecule has 3 aliphatic heterocycles. The van der Waals surface area contributed by atoms with Crippen LogP contribution in [0.1, 0.15) is 85.6 Å². The molecule has 3 aromatic heterocycles. The Labute approximate surface area is 326 Å². The van der Waals surface area contributed by atoms with Crippen LogP contribution in [0.4, 0.5) is 33.6 Å². The second-order valence-electron chi connectivity index (χ2n) is 16.5. The van der Waals surface area contributed by atoms with Gasteiger partial charge in [0.25, 0.3) is 0 Å². The Balaban J connectivity index is 1.37. The first-order valence-electron chi connectivity index (χ1n) is 18.8. The van der Waals surface area contributed by atoms with Gasteiger partial charge in [-0.1, -0.05) is 0 Å². The molecule has 3 aliphatic rings. The lowest BCUT2D eigenvalue weighted by molar-refractivity contribution is 0.0231. The number of pyridine rings is 1. The number of anilines is 2. The Morgan fingerprint density at radius 1 is 1.04 bits per heavy atom. The first-order valence-corrected chi connectivity index (χ1v) is 19.6. The van der Waals surface area contributed by atoms with Crippen molar-refractivity contribution in [3.63, 3.8) is 0 Å². The van der Waals surface area contributed by atoms with Crippen LogP contribution < -0.4 is 15.1 Å². The number of alkyl halides is 1. The monoisotopic (exact) mass is 794 g/mol. The molecule has 3 saturated heterocycles. The summed E-state index contributed by atoms with van der Waals surface area (Å²) in [6.45, 7) is 12.1. The fraction of sp³-hybridized carbons (Fsp3) is 0.538. The van der Waals surface area contributed by atoms with Gasteiger partial charge in [-0.2, -0.15) is 15.2 Å². The average Bonchev–Trinajstić information content (AvgIpc) is 3.68. The normalized spacial score (nSPS) is 20.5. The fourth-order valence-electron chi connectivity index (χ4n) is 7.74. The minimum atomic E-state index is -1.000. The van der Waals surface area contributed by atoms with Crippen LogP contribution in [0.5, 0.6) is 6.01 Å². The molecule has 0 unspecified atom stereocenters. The Hall–Kier alpha value is -4.95. The van der Waals surface area contributed by atoms with E-state index in [0.717, 1.165) is 43.2 Å². The van der Waals surface area contributed by atoms with E-state index < -0.39 is 46.7 Å². The molecule has 13 nitrogen and oxygen atoms in total. The molecular formula is C39H45F3N8O5S. The maximum Gasteiger partial charge on any atom is 0.429 e. The summed E-state index contributed by atoms with van der Waals surface area (Å²) in [4.78, 5) is 42.2. The highest BCUT2D eigenvalue weighted by Gasteiger charge is 2.49. The maximum atomic E-state index is 17.3. The zero-order chi connectivity index (χ0) is 40.2. The molecule has 2 amide bonds. The highest BCUT2D eigenvalue weighted by Crippen LogP contribution is 2.44. The molecule has 0 bridgehead atoms. The molecule has 1 aromatic carbocycles. The van der Waals surface area contributed by atoms with E-state index in [1.807, 2.05) is 6.07 Å². The zero-order valence-electron chi connectivity index (χ0n) is 32.3. The molecule has 0 aliphatic carbocycles. The number of fused-ring (bicyclic) bond motifs is 3. The molecular weight excluding hydrogens is 750 g/mol. The van der Waals surface area contributed by atoms with Crippen LogP contribution in [0.2, 0.25) is 0 Å². The molecule has 7 rings (SSSR count). The molecule has 4 aromatic rings. The Bertz CT molecular complexity index is 2230. The van der Waals surface area contributed by atoms with Crippen molar-refractivity contribution in [1.29, 1.82) is 5.26 Å². The number of amides is 2. The summed E-state index contributed by atoms with van der Waals surface area (Å²) in [6.07, 6.45) is 3.02. The van der Waals surface area contributed by atoms with E-state index in [-0.39, 0.29) is 61.2 Å². The maximum absolute atomic E-state index is 17.3. The molecule has 3 fully saturated rings.